The first kappa shape index (κ1) is 17.0. The second-order valence-corrected chi connectivity index (χ2v) is 7.64. The van der Waals surface area contributed by atoms with Crippen LogP contribution in [0, 0.1) is 0 Å². The van der Waals surface area contributed by atoms with Crippen LogP contribution in [-0.2, 0) is 22.9 Å². The molecule has 1 heterocycles. The fourth-order valence-corrected chi connectivity index (χ4v) is 3.41. The Morgan fingerprint density at radius 3 is 2.67 bits per heavy atom. The van der Waals surface area contributed by atoms with E-state index in [4.69, 9.17) is 9.88 Å². The van der Waals surface area contributed by atoms with E-state index in [2.05, 4.69) is 24.4 Å². The molecule has 2 aromatic carbocycles. The maximum absolute atomic E-state index is 11.3. The summed E-state index contributed by atoms with van der Waals surface area (Å²) in [5, 5.41) is 8.58. The van der Waals surface area contributed by atoms with E-state index < -0.39 is 10.0 Å². The molecule has 24 heavy (non-hydrogen) atoms. The molecule has 1 atom stereocenters. The van der Waals surface area contributed by atoms with Gasteiger partial charge in [-0.15, -0.1) is 0 Å². The van der Waals surface area contributed by atoms with Gasteiger partial charge in [0.05, 0.1) is 11.5 Å². The Hall–Kier alpha value is -1.89. The molecule has 1 aliphatic rings. The third-order valence-electron chi connectivity index (χ3n) is 4.33. The van der Waals surface area contributed by atoms with Crippen LogP contribution in [-0.4, -0.2) is 21.6 Å². The number of rotatable bonds is 6. The van der Waals surface area contributed by atoms with Crippen LogP contribution in [0.3, 0.4) is 0 Å². The SMILES string of the molecule is C[C@@H](NCCc1ccc2c(c1)CCO2)c1ccc(S(N)(=O)=O)cc1. The number of nitrogens with two attached hydrogens (primary N) is 1. The molecule has 5 nitrogen and oxygen atoms in total. The first-order chi connectivity index (χ1) is 11.4. The Bertz CT molecular complexity index is 817. The van der Waals surface area contributed by atoms with E-state index in [1.165, 1.54) is 11.1 Å². The van der Waals surface area contributed by atoms with Gasteiger partial charge in [-0.25, -0.2) is 13.6 Å². The molecule has 0 bridgehead atoms. The highest BCUT2D eigenvalue weighted by atomic mass is 32.2. The minimum atomic E-state index is -3.63. The highest BCUT2D eigenvalue weighted by Gasteiger charge is 2.12. The Morgan fingerprint density at radius 2 is 1.96 bits per heavy atom. The summed E-state index contributed by atoms with van der Waals surface area (Å²) in [5.74, 6) is 1.01. The van der Waals surface area contributed by atoms with Gasteiger partial charge in [0.25, 0.3) is 0 Å². The lowest BCUT2D eigenvalue weighted by atomic mass is 10.1. The van der Waals surface area contributed by atoms with Crippen molar-refractivity contribution in [3.05, 3.63) is 59.2 Å². The number of primary sulfonamides is 1. The van der Waals surface area contributed by atoms with Gasteiger partial charge < -0.3 is 10.1 Å². The number of fused-ring (bicyclic) bond motifs is 1. The summed E-state index contributed by atoms with van der Waals surface area (Å²) in [6.45, 7) is 3.68. The standard InChI is InChI=1S/C18H22N2O3S/c1-13(15-3-5-17(6-4-15)24(19,21)22)20-10-8-14-2-7-18-16(12-14)9-11-23-18/h2-7,12-13,20H,8-11H2,1H3,(H2,19,21,22)/t13-/m1/s1. The molecular formula is C18H22N2O3S. The van der Waals surface area contributed by atoms with Crippen molar-refractivity contribution in [1.29, 1.82) is 0 Å². The van der Waals surface area contributed by atoms with Crippen LogP contribution >= 0.6 is 0 Å². The Morgan fingerprint density at radius 1 is 1.21 bits per heavy atom. The molecule has 0 saturated carbocycles. The van der Waals surface area contributed by atoms with Gasteiger partial charge in [0.15, 0.2) is 0 Å². The number of ether oxygens (including phenoxy) is 1. The maximum Gasteiger partial charge on any atom is 0.238 e. The number of hydrogen-bond acceptors (Lipinski definition) is 4. The molecular weight excluding hydrogens is 324 g/mol. The maximum atomic E-state index is 11.3. The first-order valence-electron chi connectivity index (χ1n) is 8.04. The van der Waals surface area contributed by atoms with Crippen molar-refractivity contribution in [2.24, 2.45) is 5.14 Å². The molecule has 1 aliphatic heterocycles. The molecule has 3 rings (SSSR count). The van der Waals surface area contributed by atoms with E-state index in [0.29, 0.717) is 0 Å². The van der Waals surface area contributed by atoms with Gasteiger partial charge in [0.1, 0.15) is 5.75 Å². The minimum absolute atomic E-state index is 0.136. The zero-order valence-electron chi connectivity index (χ0n) is 13.7. The second-order valence-electron chi connectivity index (χ2n) is 6.08. The zero-order valence-corrected chi connectivity index (χ0v) is 14.5. The van der Waals surface area contributed by atoms with Crippen molar-refractivity contribution in [1.82, 2.24) is 5.32 Å². The van der Waals surface area contributed by atoms with Gasteiger partial charge in [-0.1, -0.05) is 24.3 Å². The third kappa shape index (κ3) is 3.95. The van der Waals surface area contributed by atoms with Crippen molar-refractivity contribution in [3.63, 3.8) is 0 Å². The quantitative estimate of drug-likeness (QED) is 0.840. The van der Waals surface area contributed by atoms with Crippen LogP contribution in [0.5, 0.6) is 5.75 Å². The molecule has 0 spiro atoms. The fourth-order valence-electron chi connectivity index (χ4n) is 2.89. The van der Waals surface area contributed by atoms with Crippen molar-refractivity contribution >= 4 is 10.0 Å². The topological polar surface area (TPSA) is 81.4 Å². The predicted molar refractivity (Wildman–Crippen MR) is 93.6 cm³/mol. The van der Waals surface area contributed by atoms with E-state index in [-0.39, 0.29) is 10.9 Å². The molecule has 2 aromatic rings. The average Bonchev–Trinajstić information content (AvgIpc) is 3.02. The molecule has 0 saturated heterocycles. The zero-order chi connectivity index (χ0) is 17.2. The van der Waals surface area contributed by atoms with Gasteiger partial charge >= 0.3 is 0 Å². The number of hydrogen-bond donors (Lipinski definition) is 2. The predicted octanol–water partition coefficient (Wildman–Crippen LogP) is 2.16. The van der Waals surface area contributed by atoms with Gasteiger partial charge in [-0.05, 0) is 54.8 Å². The highest BCUT2D eigenvalue weighted by Crippen LogP contribution is 2.26. The second kappa shape index (κ2) is 6.93. The van der Waals surface area contributed by atoms with E-state index in [0.717, 1.165) is 37.3 Å². The molecule has 0 radical (unpaired) electrons. The molecule has 0 aromatic heterocycles. The van der Waals surface area contributed by atoms with Gasteiger partial charge in [0, 0.05) is 12.5 Å². The van der Waals surface area contributed by atoms with Crippen molar-refractivity contribution in [2.75, 3.05) is 13.2 Å². The summed E-state index contributed by atoms with van der Waals surface area (Å²) in [7, 11) is -3.63. The smallest absolute Gasteiger partial charge is 0.238 e. The summed E-state index contributed by atoms with van der Waals surface area (Å²) in [5.41, 5.74) is 3.62. The third-order valence-corrected chi connectivity index (χ3v) is 5.26. The monoisotopic (exact) mass is 346 g/mol. The highest BCUT2D eigenvalue weighted by molar-refractivity contribution is 7.89. The summed E-state index contributed by atoms with van der Waals surface area (Å²) >= 11 is 0. The van der Waals surface area contributed by atoms with Gasteiger partial charge in [-0.3, -0.25) is 0 Å². The lowest BCUT2D eigenvalue weighted by Crippen LogP contribution is -2.21. The normalized spacial score (nSPS) is 14.9. The molecule has 0 fully saturated rings. The van der Waals surface area contributed by atoms with Crippen molar-refractivity contribution in [2.45, 2.75) is 30.7 Å². The van der Waals surface area contributed by atoms with E-state index in [1.54, 1.807) is 24.3 Å². The summed E-state index contributed by atoms with van der Waals surface area (Å²) in [4.78, 5) is 0.138. The number of benzene rings is 2. The summed E-state index contributed by atoms with van der Waals surface area (Å²) in [6, 6.07) is 13.2. The number of sulfonamides is 1. The Kier molecular flexibility index (Phi) is 4.89. The lowest BCUT2D eigenvalue weighted by Gasteiger charge is -2.15. The molecule has 0 aliphatic carbocycles. The lowest BCUT2D eigenvalue weighted by molar-refractivity contribution is 0.357. The van der Waals surface area contributed by atoms with Crippen LogP contribution in [0.25, 0.3) is 0 Å². The summed E-state index contributed by atoms with van der Waals surface area (Å²) in [6.07, 6.45) is 1.93. The van der Waals surface area contributed by atoms with Gasteiger partial charge in [0.2, 0.25) is 10.0 Å². The molecule has 3 N–H and O–H groups in total. The fraction of sp³-hybridized carbons (Fsp3) is 0.333. The van der Waals surface area contributed by atoms with E-state index >= 15 is 0 Å². The molecule has 6 heteroatoms. The minimum Gasteiger partial charge on any atom is -0.493 e. The Balaban J connectivity index is 1.55. The Labute approximate surface area is 142 Å². The molecule has 0 amide bonds. The average molecular weight is 346 g/mol. The van der Waals surface area contributed by atoms with Crippen LogP contribution in [0.1, 0.15) is 29.7 Å². The van der Waals surface area contributed by atoms with Crippen LogP contribution in [0.15, 0.2) is 47.4 Å². The van der Waals surface area contributed by atoms with Crippen molar-refractivity contribution in [3.8, 4) is 5.75 Å². The van der Waals surface area contributed by atoms with Crippen LogP contribution in [0.2, 0.25) is 0 Å². The van der Waals surface area contributed by atoms with Crippen LogP contribution < -0.4 is 15.2 Å². The summed E-state index contributed by atoms with van der Waals surface area (Å²) < 4.78 is 28.1. The van der Waals surface area contributed by atoms with Crippen LogP contribution in [0.4, 0.5) is 0 Å². The van der Waals surface area contributed by atoms with E-state index in [9.17, 15) is 8.42 Å². The molecule has 128 valence electrons. The van der Waals surface area contributed by atoms with Gasteiger partial charge in [-0.2, -0.15) is 0 Å². The van der Waals surface area contributed by atoms with Crippen molar-refractivity contribution < 1.29 is 13.2 Å². The van der Waals surface area contributed by atoms with E-state index in [1.807, 2.05) is 6.07 Å². The first-order valence-corrected chi connectivity index (χ1v) is 9.59. The number of nitrogens with one attached hydrogen (secondary N) is 1. The molecule has 0 unspecified atom stereocenters. The largest absolute Gasteiger partial charge is 0.493 e.